The number of hydrogen-bond acceptors (Lipinski definition) is 4. The first-order chi connectivity index (χ1) is 14.9. The highest BCUT2D eigenvalue weighted by Crippen LogP contribution is 2.65. The summed E-state index contributed by atoms with van der Waals surface area (Å²) < 4.78 is 43.6. The molecule has 0 spiro atoms. The summed E-state index contributed by atoms with van der Waals surface area (Å²) in [5.74, 6) is -2.09. The monoisotopic (exact) mass is 434 g/mol. The maximum absolute atomic E-state index is 14.2. The summed E-state index contributed by atoms with van der Waals surface area (Å²) >= 11 is 0. The number of likely N-dealkylation sites (tertiary alicyclic amines) is 1. The molecule has 1 aromatic rings. The summed E-state index contributed by atoms with van der Waals surface area (Å²) in [5, 5.41) is 3.36. The van der Waals surface area contributed by atoms with Crippen LogP contribution in [0.4, 0.5) is 19.1 Å². The van der Waals surface area contributed by atoms with Crippen molar-refractivity contribution >= 4 is 5.95 Å². The first-order valence-electron chi connectivity index (χ1n) is 11.4. The summed E-state index contributed by atoms with van der Waals surface area (Å²) in [6.45, 7) is 4.67. The Kier molecular flexibility index (Phi) is 5.23. The number of alkyl halides is 1. The van der Waals surface area contributed by atoms with Crippen LogP contribution in [-0.2, 0) is 6.54 Å². The molecule has 1 saturated heterocycles. The minimum absolute atomic E-state index is 0.0430. The molecule has 1 N–H and O–H groups in total. The van der Waals surface area contributed by atoms with Crippen molar-refractivity contribution in [1.29, 1.82) is 0 Å². The molecule has 5 atom stereocenters. The second kappa shape index (κ2) is 7.80. The fourth-order valence-electron chi connectivity index (χ4n) is 5.62. The van der Waals surface area contributed by atoms with Crippen LogP contribution in [0.25, 0.3) is 0 Å². The van der Waals surface area contributed by atoms with E-state index >= 15 is 0 Å². The van der Waals surface area contributed by atoms with Crippen LogP contribution in [0, 0.1) is 17.3 Å². The van der Waals surface area contributed by atoms with E-state index in [-0.39, 0.29) is 12.0 Å². The van der Waals surface area contributed by atoms with Crippen molar-refractivity contribution in [2.45, 2.75) is 64.2 Å². The van der Waals surface area contributed by atoms with Crippen molar-refractivity contribution in [3.8, 4) is 0 Å². The minimum Gasteiger partial charge on any atom is -0.329 e. The molecule has 2 fully saturated rings. The minimum atomic E-state index is -1.90. The van der Waals surface area contributed by atoms with Crippen molar-refractivity contribution in [2.24, 2.45) is 17.3 Å². The van der Waals surface area contributed by atoms with Crippen LogP contribution < -0.4 is 10.9 Å². The van der Waals surface area contributed by atoms with E-state index in [1.807, 2.05) is 0 Å². The summed E-state index contributed by atoms with van der Waals surface area (Å²) in [6, 6.07) is 1.73. The normalized spacial score (nSPS) is 35.7. The lowest BCUT2D eigenvalue weighted by molar-refractivity contribution is 0.196. The van der Waals surface area contributed by atoms with Gasteiger partial charge in [0.1, 0.15) is 5.83 Å². The van der Waals surface area contributed by atoms with Crippen LogP contribution in [0.3, 0.4) is 0 Å². The number of allylic oxidation sites excluding steroid dienone is 3. The molecule has 4 aliphatic rings. The van der Waals surface area contributed by atoms with Crippen LogP contribution in [-0.4, -0.2) is 39.8 Å². The zero-order valence-electron chi connectivity index (χ0n) is 17.8. The highest BCUT2D eigenvalue weighted by molar-refractivity contribution is 5.38. The highest BCUT2D eigenvalue weighted by Gasteiger charge is 2.62. The van der Waals surface area contributed by atoms with Crippen molar-refractivity contribution < 1.29 is 13.2 Å². The summed E-state index contributed by atoms with van der Waals surface area (Å²) in [7, 11) is 0. The molecule has 5 unspecified atom stereocenters. The number of fused-ring (bicyclic) bond motifs is 1. The predicted octanol–water partition coefficient (Wildman–Crippen LogP) is 4.33. The van der Waals surface area contributed by atoms with Crippen molar-refractivity contribution in [3.63, 3.8) is 0 Å². The van der Waals surface area contributed by atoms with E-state index in [9.17, 15) is 18.0 Å². The number of anilines is 1. The van der Waals surface area contributed by atoms with Crippen molar-refractivity contribution in [1.82, 2.24) is 14.5 Å². The maximum Gasteiger partial charge on any atom is 0.274 e. The number of nitrogens with zero attached hydrogens (tertiary/aromatic N) is 3. The lowest BCUT2D eigenvalue weighted by atomic mass is 9.90. The molecule has 0 bridgehead atoms. The predicted molar refractivity (Wildman–Crippen MR) is 112 cm³/mol. The third-order valence-corrected chi connectivity index (χ3v) is 7.62. The van der Waals surface area contributed by atoms with Gasteiger partial charge in [-0.3, -0.25) is 9.69 Å². The van der Waals surface area contributed by atoms with E-state index in [0.717, 1.165) is 31.6 Å². The Bertz CT molecular complexity index is 983. The van der Waals surface area contributed by atoms with Gasteiger partial charge in [0.25, 0.3) is 5.56 Å². The van der Waals surface area contributed by atoms with E-state index in [4.69, 9.17) is 0 Å². The van der Waals surface area contributed by atoms with Crippen molar-refractivity contribution in [3.05, 3.63) is 46.0 Å². The molecule has 5 rings (SSSR count). The zero-order valence-corrected chi connectivity index (χ0v) is 17.8. The second-order valence-corrected chi connectivity index (χ2v) is 9.74. The molecule has 1 aliphatic heterocycles. The molecule has 2 heterocycles. The molecule has 3 aliphatic carbocycles. The lowest BCUT2D eigenvalue weighted by Crippen LogP contribution is -2.35. The molecule has 0 aromatic carbocycles. The van der Waals surface area contributed by atoms with E-state index in [1.165, 1.54) is 18.9 Å². The Morgan fingerprint density at radius 2 is 1.97 bits per heavy atom. The topological polar surface area (TPSA) is 50.2 Å². The van der Waals surface area contributed by atoms with Gasteiger partial charge in [-0.25, -0.2) is 13.2 Å². The third kappa shape index (κ3) is 3.83. The van der Waals surface area contributed by atoms with E-state index < -0.39 is 29.2 Å². The largest absolute Gasteiger partial charge is 0.329 e. The fourth-order valence-corrected chi connectivity index (χ4v) is 5.62. The first kappa shape index (κ1) is 20.8. The quantitative estimate of drug-likeness (QED) is 0.750. The van der Waals surface area contributed by atoms with Gasteiger partial charge in [-0.15, -0.1) is 0 Å². The smallest absolute Gasteiger partial charge is 0.274 e. The van der Waals surface area contributed by atoms with Gasteiger partial charge in [0.05, 0.1) is 0 Å². The molecule has 168 valence electrons. The van der Waals surface area contributed by atoms with Crippen LogP contribution in [0.2, 0.25) is 0 Å². The van der Waals surface area contributed by atoms with Gasteiger partial charge in [0.2, 0.25) is 5.95 Å². The van der Waals surface area contributed by atoms with Gasteiger partial charge in [-0.1, -0.05) is 6.92 Å². The second-order valence-electron chi connectivity index (χ2n) is 9.74. The Morgan fingerprint density at radius 3 is 2.74 bits per heavy atom. The first-order valence-corrected chi connectivity index (χ1v) is 11.4. The van der Waals surface area contributed by atoms with E-state index in [2.05, 4.69) is 28.2 Å². The number of rotatable bonds is 5. The van der Waals surface area contributed by atoms with Gasteiger partial charge < -0.3 is 9.88 Å². The standard InChI is InChI=1S/C23H29F3N4O/c1-14-4-5-15(29-7-2-3-8-29)10-18(14)27-22-28-19(31)6-9-30(22)13-23-11-16(23)20(25)21(26)17(24)12-23/h6,9-10,14-17H,2-5,7-8,11-13H2,1H3,(H,27,28,31). The Balaban J connectivity index is 1.39. The van der Waals surface area contributed by atoms with Gasteiger partial charge >= 0.3 is 0 Å². The van der Waals surface area contributed by atoms with Crippen molar-refractivity contribution in [2.75, 3.05) is 18.4 Å². The summed E-state index contributed by atoms with van der Waals surface area (Å²) in [4.78, 5) is 18.7. The average molecular weight is 435 g/mol. The summed E-state index contributed by atoms with van der Waals surface area (Å²) in [6.07, 6.45) is 6.95. The number of nitrogens with one attached hydrogen (secondary N) is 1. The Hall–Kier alpha value is -2.09. The molecule has 1 saturated carbocycles. The molecule has 1 aromatic heterocycles. The van der Waals surface area contributed by atoms with E-state index in [0.29, 0.717) is 30.9 Å². The van der Waals surface area contributed by atoms with Gasteiger partial charge in [-0.2, -0.15) is 4.98 Å². The molecule has 5 nitrogen and oxygen atoms in total. The van der Waals surface area contributed by atoms with Gasteiger partial charge in [-0.05, 0) is 63.6 Å². The van der Waals surface area contributed by atoms with Gasteiger partial charge in [0.15, 0.2) is 12.0 Å². The zero-order chi connectivity index (χ0) is 21.8. The van der Waals surface area contributed by atoms with Crippen LogP contribution in [0.1, 0.15) is 45.4 Å². The number of aromatic nitrogens is 2. The Labute approximate surface area is 180 Å². The molecule has 0 amide bonds. The maximum atomic E-state index is 14.2. The average Bonchev–Trinajstić information content (AvgIpc) is 3.18. The van der Waals surface area contributed by atoms with Crippen LogP contribution in [0.5, 0.6) is 0 Å². The lowest BCUT2D eigenvalue weighted by Gasteiger charge is -2.33. The van der Waals surface area contributed by atoms with Crippen LogP contribution in [0.15, 0.2) is 40.5 Å². The Morgan fingerprint density at radius 1 is 1.19 bits per heavy atom. The molecule has 0 radical (unpaired) electrons. The SMILES string of the molecule is CC1CCC(N2CCCC2)C=C1Nc1nc(=O)ccn1CC12CC(F)C(F)=C(F)C1C2. The van der Waals surface area contributed by atoms with Crippen LogP contribution >= 0.6 is 0 Å². The summed E-state index contributed by atoms with van der Waals surface area (Å²) in [5.41, 5.74) is 0.00793. The molecular weight excluding hydrogens is 405 g/mol. The molecule has 31 heavy (non-hydrogen) atoms. The molecular formula is C23H29F3N4O. The third-order valence-electron chi connectivity index (χ3n) is 7.62. The van der Waals surface area contributed by atoms with E-state index in [1.54, 1.807) is 10.8 Å². The fraction of sp³-hybridized carbons (Fsp3) is 0.652. The molecule has 8 heteroatoms. The number of hydrogen-bond donors (Lipinski definition) is 1. The highest BCUT2D eigenvalue weighted by atomic mass is 19.2. The van der Waals surface area contributed by atoms with Gasteiger partial charge in [0, 0.05) is 41.9 Å². The number of halogens is 3.